The maximum atomic E-state index is 13.0. The van der Waals surface area contributed by atoms with E-state index in [4.69, 9.17) is 27.9 Å². The standard InChI is InChI=1S/C22H21Cl2N3O3/c1-4-27(5-2)19-14(12-25)18(13-9-7-6-8-10-13)22(29,21(28)30-3)15-11-16(23)26-20(24)17(15)19/h6-11,18,29H,4-5H2,1-3H3. The summed E-state index contributed by atoms with van der Waals surface area (Å²) < 4.78 is 4.98. The van der Waals surface area contributed by atoms with Crippen molar-refractivity contribution in [1.82, 2.24) is 9.88 Å². The van der Waals surface area contributed by atoms with Crippen LogP contribution in [0.1, 0.15) is 36.5 Å². The van der Waals surface area contributed by atoms with Crippen LogP contribution >= 0.6 is 23.2 Å². The van der Waals surface area contributed by atoms with Crippen molar-refractivity contribution in [3.8, 4) is 6.07 Å². The molecule has 2 unspecified atom stereocenters. The lowest BCUT2D eigenvalue weighted by molar-refractivity contribution is -0.165. The zero-order valence-corrected chi connectivity index (χ0v) is 18.3. The van der Waals surface area contributed by atoms with Gasteiger partial charge in [-0.3, -0.25) is 0 Å². The molecule has 0 amide bonds. The lowest BCUT2D eigenvalue weighted by Gasteiger charge is -2.42. The first-order valence-electron chi connectivity index (χ1n) is 9.46. The number of carbonyl (C=O) groups excluding carboxylic acids is 1. The van der Waals surface area contributed by atoms with Gasteiger partial charge < -0.3 is 14.7 Å². The van der Waals surface area contributed by atoms with Gasteiger partial charge in [-0.2, -0.15) is 5.26 Å². The molecule has 1 N–H and O–H groups in total. The third kappa shape index (κ3) is 3.33. The highest BCUT2D eigenvalue weighted by molar-refractivity contribution is 6.34. The molecule has 0 fully saturated rings. The average Bonchev–Trinajstić information content (AvgIpc) is 2.75. The summed E-state index contributed by atoms with van der Waals surface area (Å²) >= 11 is 12.6. The lowest BCUT2D eigenvalue weighted by atomic mass is 9.67. The van der Waals surface area contributed by atoms with E-state index in [2.05, 4.69) is 11.1 Å². The Morgan fingerprint density at radius 1 is 1.30 bits per heavy atom. The van der Waals surface area contributed by atoms with Gasteiger partial charge in [-0.1, -0.05) is 53.5 Å². The van der Waals surface area contributed by atoms with Crippen molar-refractivity contribution >= 4 is 34.9 Å². The van der Waals surface area contributed by atoms with Gasteiger partial charge in [0.15, 0.2) is 5.60 Å². The molecule has 0 saturated heterocycles. The number of pyridine rings is 1. The SMILES string of the molecule is CCN(CC)C1=C(C#N)C(c2ccccc2)C(O)(C(=O)OC)c2cc(Cl)nc(Cl)c21. The minimum Gasteiger partial charge on any atom is -0.467 e. The maximum Gasteiger partial charge on any atom is 0.343 e. The van der Waals surface area contributed by atoms with Crippen LogP contribution in [-0.2, 0) is 15.1 Å². The molecule has 3 rings (SSSR count). The highest BCUT2D eigenvalue weighted by Crippen LogP contribution is 2.53. The number of esters is 1. The third-order valence-corrected chi connectivity index (χ3v) is 5.85. The fourth-order valence-electron chi connectivity index (χ4n) is 4.07. The molecule has 2 atom stereocenters. The molecule has 2 aromatic rings. The van der Waals surface area contributed by atoms with E-state index < -0.39 is 17.5 Å². The molecule has 1 aromatic heterocycles. The molecule has 0 spiro atoms. The Hall–Kier alpha value is -2.59. The number of ether oxygens (including phenoxy) is 1. The van der Waals surface area contributed by atoms with Gasteiger partial charge in [-0.15, -0.1) is 0 Å². The Balaban J connectivity index is 2.53. The van der Waals surface area contributed by atoms with Gasteiger partial charge in [-0.25, -0.2) is 9.78 Å². The van der Waals surface area contributed by atoms with Crippen molar-refractivity contribution < 1.29 is 14.6 Å². The van der Waals surface area contributed by atoms with Gasteiger partial charge in [-0.05, 0) is 25.5 Å². The molecule has 156 valence electrons. The molecule has 0 bridgehead atoms. The van der Waals surface area contributed by atoms with Crippen LogP contribution in [0.15, 0.2) is 42.0 Å². The number of aromatic nitrogens is 1. The highest BCUT2D eigenvalue weighted by Gasteiger charge is 2.55. The summed E-state index contributed by atoms with van der Waals surface area (Å²) in [5.41, 5.74) is -0.439. The number of carbonyl (C=O) groups is 1. The summed E-state index contributed by atoms with van der Waals surface area (Å²) in [6.45, 7) is 5.04. The van der Waals surface area contributed by atoms with Gasteiger partial charge in [0.1, 0.15) is 10.3 Å². The van der Waals surface area contributed by atoms with Crippen LogP contribution < -0.4 is 0 Å². The molecule has 1 aromatic carbocycles. The van der Waals surface area contributed by atoms with Crippen molar-refractivity contribution in [3.63, 3.8) is 0 Å². The first-order chi connectivity index (χ1) is 14.3. The van der Waals surface area contributed by atoms with Crippen LogP contribution in [0.3, 0.4) is 0 Å². The van der Waals surface area contributed by atoms with E-state index in [1.807, 2.05) is 24.8 Å². The Kier molecular flexibility index (Phi) is 6.37. The Morgan fingerprint density at radius 2 is 1.93 bits per heavy atom. The van der Waals surface area contributed by atoms with E-state index in [1.165, 1.54) is 13.2 Å². The summed E-state index contributed by atoms with van der Waals surface area (Å²) in [7, 11) is 1.18. The number of benzene rings is 1. The smallest absolute Gasteiger partial charge is 0.343 e. The minimum absolute atomic E-state index is 0.000916. The molecule has 1 aliphatic carbocycles. The number of aliphatic hydroxyl groups is 1. The molecule has 0 aliphatic heterocycles. The number of hydrogen-bond acceptors (Lipinski definition) is 6. The Bertz CT molecular complexity index is 1050. The second kappa shape index (κ2) is 8.65. The maximum absolute atomic E-state index is 13.0. The first-order valence-corrected chi connectivity index (χ1v) is 10.2. The highest BCUT2D eigenvalue weighted by atomic mass is 35.5. The molecule has 1 aliphatic rings. The number of nitriles is 1. The molecule has 0 saturated carbocycles. The zero-order chi connectivity index (χ0) is 22.1. The number of rotatable bonds is 5. The second-order valence-corrected chi connectivity index (χ2v) is 7.55. The predicted octanol–water partition coefficient (Wildman–Crippen LogP) is 4.12. The van der Waals surface area contributed by atoms with Gasteiger partial charge in [0.05, 0.1) is 30.4 Å². The number of fused-ring (bicyclic) bond motifs is 1. The monoisotopic (exact) mass is 445 g/mol. The number of hydrogen-bond donors (Lipinski definition) is 1. The normalized spacial score (nSPS) is 20.4. The molecular formula is C22H21Cl2N3O3. The lowest BCUT2D eigenvalue weighted by Crippen LogP contribution is -2.47. The van der Waals surface area contributed by atoms with Crippen LogP contribution in [0.4, 0.5) is 0 Å². The molecule has 1 heterocycles. The summed E-state index contributed by atoms with van der Waals surface area (Å²) in [5.74, 6) is -1.93. The van der Waals surface area contributed by atoms with Crippen LogP contribution in [0.25, 0.3) is 5.70 Å². The van der Waals surface area contributed by atoms with Crippen molar-refractivity contribution in [2.45, 2.75) is 25.4 Å². The zero-order valence-electron chi connectivity index (χ0n) is 16.8. The Labute approximate surface area is 185 Å². The Morgan fingerprint density at radius 3 is 2.47 bits per heavy atom. The topological polar surface area (TPSA) is 86.5 Å². The minimum atomic E-state index is -2.22. The fourth-order valence-corrected chi connectivity index (χ4v) is 4.59. The van der Waals surface area contributed by atoms with Crippen LogP contribution in [0, 0.1) is 11.3 Å². The van der Waals surface area contributed by atoms with Crippen LogP contribution in [0.5, 0.6) is 0 Å². The van der Waals surface area contributed by atoms with Gasteiger partial charge in [0.2, 0.25) is 0 Å². The van der Waals surface area contributed by atoms with Crippen LogP contribution in [-0.4, -0.2) is 41.2 Å². The quantitative estimate of drug-likeness (QED) is 0.549. The number of methoxy groups -OCH3 is 1. The molecular weight excluding hydrogens is 425 g/mol. The molecule has 30 heavy (non-hydrogen) atoms. The van der Waals surface area contributed by atoms with E-state index >= 15 is 0 Å². The van der Waals surface area contributed by atoms with Gasteiger partial charge in [0, 0.05) is 24.2 Å². The van der Waals surface area contributed by atoms with Crippen molar-refractivity contribution in [2.75, 3.05) is 20.2 Å². The average molecular weight is 446 g/mol. The first kappa shape index (κ1) is 22.1. The van der Waals surface area contributed by atoms with Gasteiger partial charge in [0.25, 0.3) is 0 Å². The second-order valence-electron chi connectivity index (χ2n) is 6.81. The number of halogens is 2. The van der Waals surface area contributed by atoms with E-state index in [0.717, 1.165) is 0 Å². The molecule has 6 nitrogen and oxygen atoms in total. The predicted molar refractivity (Wildman–Crippen MR) is 115 cm³/mol. The van der Waals surface area contributed by atoms with Crippen molar-refractivity contribution in [1.29, 1.82) is 5.26 Å². The summed E-state index contributed by atoms with van der Waals surface area (Å²) in [6, 6.07) is 12.5. The van der Waals surface area contributed by atoms with Crippen LogP contribution in [0.2, 0.25) is 10.3 Å². The van der Waals surface area contributed by atoms with E-state index in [0.29, 0.717) is 29.9 Å². The van der Waals surface area contributed by atoms with Crippen molar-refractivity contribution in [3.05, 3.63) is 69.0 Å². The van der Waals surface area contributed by atoms with E-state index in [-0.39, 0.29) is 21.4 Å². The third-order valence-electron chi connectivity index (χ3n) is 5.38. The fraction of sp³-hybridized carbons (Fsp3) is 0.318. The summed E-state index contributed by atoms with van der Waals surface area (Å²) in [5, 5.41) is 22.1. The summed E-state index contributed by atoms with van der Waals surface area (Å²) in [6.07, 6.45) is 0. The summed E-state index contributed by atoms with van der Waals surface area (Å²) in [4.78, 5) is 19.1. The molecule has 0 radical (unpaired) electrons. The van der Waals surface area contributed by atoms with E-state index in [1.54, 1.807) is 24.3 Å². The number of nitrogens with zero attached hydrogens (tertiary/aromatic N) is 3. The van der Waals surface area contributed by atoms with E-state index in [9.17, 15) is 15.2 Å². The molecule has 8 heteroatoms. The van der Waals surface area contributed by atoms with Gasteiger partial charge >= 0.3 is 5.97 Å². The largest absolute Gasteiger partial charge is 0.467 e. The van der Waals surface area contributed by atoms with Crippen molar-refractivity contribution in [2.24, 2.45) is 0 Å².